The minimum Gasteiger partial charge on any atom is -0.376 e. The number of carbonyl (C=O) groups excluding carboxylic acids is 1. The maximum absolute atomic E-state index is 12.0. The Morgan fingerprint density at radius 3 is 2.91 bits per heavy atom. The zero-order valence-corrected chi connectivity index (χ0v) is 13.3. The molecule has 0 spiro atoms. The zero-order valence-electron chi connectivity index (χ0n) is 13.3. The van der Waals surface area contributed by atoms with Crippen LogP contribution in [0.2, 0.25) is 0 Å². The summed E-state index contributed by atoms with van der Waals surface area (Å²) < 4.78 is 5.78. The first-order valence-corrected chi connectivity index (χ1v) is 7.83. The molecule has 0 radical (unpaired) electrons. The van der Waals surface area contributed by atoms with Gasteiger partial charge in [0.1, 0.15) is 0 Å². The van der Waals surface area contributed by atoms with Gasteiger partial charge in [-0.25, -0.2) is 4.79 Å². The summed E-state index contributed by atoms with van der Waals surface area (Å²) in [5.41, 5.74) is 0.958. The van der Waals surface area contributed by atoms with Gasteiger partial charge in [0.2, 0.25) is 0 Å². The second-order valence-corrected chi connectivity index (χ2v) is 5.91. The van der Waals surface area contributed by atoms with Gasteiger partial charge in [-0.05, 0) is 24.5 Å². The first-order valence-electron chi connectivity index (χ1n) is 7.83. The number of benzene rings is 1. The lowest BCUT2D eigenvalue weighted by atomic mass is 10.2. The van der Waals surface area contributed by atoms with Gasteiger partial charge >= 0.3 is 6.03 Å². The average Bonchev–Trinajstić information content (AvgIpc) is 2.99. The van der Waals surface area contributed by atoms with E-state index in [0.717, 1.165) is 25.1 Å². The molecule has 2 rings (SSSR count). The van der Waals surface area contributed by atoms with E-state index in [1.807, 2.05) is 30.3 Å². The maximum Gasteiger partial charge on any atom is 0.318 e. The molecule has 1 atom stereocenters. The van der Waals surface area contributed by atoms with Crippen molar-refractivity contribution in [2.24, 2.45) is 5.92 Å². The molecule has 4 nitrogen and oxygen atoms in total. The van der Waals surface area contributed by atoms with Crippen molar-refractivity contribution in [2.75, 3.05) is 26.2 Å². The first-order chi connectivity index (χ1) is 10.6. The van der Waals surface area contributed by atoms with Crippen molar-refractivity contribution in [1.82, 2.24) is 10.2 Å². The van der Waals surface area contributed by atoms with Crippen molar-refractivity contribution in [3.8, 4) is 11.8 Å². The first kappa shape index (κ1) is 16.4. The topological polar surface area (TPSA) is 41.6 Å². The molecule has 1 aromatic rings. The van der Waals surface area contributed by atoms with Gasteiger partial charge in [0, 0.05) is 25.3 Å². The fourth-order valence-electron chi connectivity index (χ4n) is 2.28. The largest absolute Gasteiger partial charge is 0.376 e. The molecule has 0 unspecified atom stereocenters. The van der Waals surface area contributed by atoms with Crippen LogP contribution in [0.5, 0.6) is 0 Å². The lowest BCUT2D eigenvalue weighted by Gasteiger charge is -2.17. The number of urea groups is 1. The van der Waals surface area contributed by atoms with Gasteiger partial charge in [0.15, 0.2) is 0 Å². The van der Waals surface area contributed by atoms with E-state index >= 15 is 0 Å². The smallest absolute Gasteiger partial charge is 0.318 e. The van der Waals surface area contributed by atoms with Gasteiger partial charge in [0.05, 0.1) is 12.6 Å². The van der Waals surface area contributed by atoms with Crippen molar-refractivity contribution < 1.29 is 9.53 Å². The van der Waals surface area contributed by atoms with Gasteiger partial charge in [-0.2, -0.15) is 0 Å². The molecule has 1 aliphatic heterocycles. The van der Waals surface area contributed by atoms with Crippen molar-refractivity contribution in [3.05, 3.63) is 35.9 Å². The molecule has 1 heterocycles. The van der Waals surface area contributed by atoms with Crippen LogP contribution in [0.25, 0.3) is 0 Å². The predicted octanol–water partition coefficient (Wildman–Crippen LogP) is 2.49. The molecule has 1 N–H and O–H groups in total. The minimum absolute atomic E-state index is 0.0574. The van der Waals surface area contributed by atoms with Crippen molar-refractivity contribution in [1.29, 1.82) is 0 Å². The highest BCUT2D eigenvalue weighted by Gasteiger charge is 2.26. The second kappa shape index (κ2) is 8.45. The third-order valence-corrected chi connectivity index (χ3v) is 3.43. The normalized spacial score (nSPS) is 17.2. The Bertz CT molecular complexity index is 531. The molecule has 1 saturated heterocycles. The van der Waals surface area contributed by atoms with Gasteiger partial charge in [-0.15, -0.1) is 0 Å². The molecule has 0 aliphatic carbocycles. The van der Waals surface area contributed by atoms with Crippen LogP contribution < -0.4 is 5.32 Å². The van der Waals surface area contributed by atoms with E-state index in [1.54, 1.807) is 4.90 Å². The molecule has 1 fully saturated rings. The van der Waals surface area contributed by atoms with Crippen LogP contribution in [0.4, 0.5) is 4.79 Å². The van der Waals surface area contributed by atoms with E-state index in [-0.39, 0.29) is 12.1 Å². The van der Waals surface area contributed by atoms with E-state index in [0.29, 0.717) is 19.0 Å². The molecule has 118 valence electrons. The quantitative estimate of drug-likeness (QED) is 0.868. The Morgan fingerprint density at radius 2 is 2.18 bits per heavy atom. The molecule has 0 aromatic heterocycles. The van der Waals surface area contributed by atoms with Crippen LogP contribution in [0.3, 0.4) is 0 Å². The van der Waals surface area contributed by atoms with E-state index in [9.17, 15) is 4.79 Å². The number of ether oxygens (including phenoxy) is 1. The third kappa shape index (κ3) is 5.42. The molecular formula is C18H24N2O2. The van der Waals surface area contributed by atoms with Crippen LogP contribution in [0.15, 0.2) is 30.3 Å². The third-order valence-electron chi connectivity index (χ3n) is 3.43. The van der Waals surface area contributed by atoms with Gasteiger partial charge in [-0.3, -0.25) is 0 Å². The summed E-state index contributed by atoms with van der Waals surface area (Å²) in [5.74, 6) is 6.52. The highest BCUT2D eigenvalue weighted by molar-refractivity contribution is 5.74. The Balaban J connectivity index is 1.69. The Kier molecular flexibility index (Phi) is 6.29. The van der Waals surface area contributed by atoms with Crippen molar-refractivity contribution >= 4 is 6.03 Å². The summed E-state index contributed by atoms with van der Waals surface area (Å²) >= 11 is 0. The molecule has 2 amide bonds. The molecular weight excluding hydrogens is 276 g/mol. The number of rotatable bonds is 4. The van der Waals surface area contributed by atoms with E-state index in [4.69, 9.17) is 4.74 Å². The monoisotopic (exact) mass is 300 g/mol. The van der Waals surface area contributed by atoms with E-state index < -0.39 is 0 Å². The molecule has 22 heavy (non-hydrogen) atoms. The molecule has 0 saturated carbocycles. The predicted molar refractivity (Wildman–Crippen MR) is 87.5 cm³/mol. The van der Waals surface area contributed by atoms with Gasteiger partial charge in [0.25, 0.3) is 0 Å². The second-order valence-electron chi connectivity index (χ2n) is 5.91. The number of nitrogens with zero attached hydrogens (tertiary/aromatic N) is 1. The van der Waals surface area contributed by atoms with Crippen LogP contribution in [-0.4, -0.2) is 43.3 Å². The van der Waals surface area contributed by atoms with Gasteiger partial charge < -0.3 is 15.0 Å². The summed E-state index contributed by atoms with van der Waals surface area (Å²) in [5, 5.41) is 2.84. The summed E-state index contributed by atoms with van der Waals surface area (Å²) in [4.78, 5) is 13.8. The lowest BCUT2D eigenvalue weighted by molar-refractivity contribution is 0.0436. The Morgan fingerprint density at radius 1 is 1.41 bits per heavy atom. The summed E-state index contributed by atoms with van der Waals surface area (Å²) in [7, 11) is 0. The van der Waals surface area contributed by atoms with Crippen LogP contribution in [0, 0.1) is 17.8 Å². The standard InChI is InChI=1S/C18H24N2O2/c1-15(2)14-22-17-10-12-20(13-17)18(21)19-11-6-9-16-7-4-3-5-8-16/h3-5,7-8,15,17H,10-14H2,1-2H3,(H,19,21)/t17-/m1/s1. The Labute approximate surface area is 132 Å². The number of hydrogen-bond acceptors (Lipinski definition) is 2. The summed E-state index contributed by atoms with van der Waals surface area (Å²) in [6.07, 6.45) is 1.08. The lowest BCUT2D eigenvalue weighted by Crippen LogP contribution is -2.39. The number of nitrogens with one attached hydrogen (secondary N) is 1. The summed E-state index contributed by atoms with van der Waals surface area (Å²) in [6, 6.07) is 9.70. The van der Waals surface area contributed by atoms with Crippen molar-refractivity contribution in [3.63, 3.8) is 0 Å². The number of amides is 2. The zero-order chi connectivity index (χ0) is 15.8. The van der Waals surface area contributed by atoms with Gasteiger partial charge in [-0.1, -0.05) is 43.9 Å². The maximum atomic E-state index is 12.0. The number of carbonyl (C=O) groups is 1. The highest BCUT2D eigenvalue weighted by Crippen LogP contribution is 2.13. The fourth-order valence-corrected chi connectivity index (χ4v) is 2.28. The Hall–Kier alpha value is -1.99. The van der Waals surface area contributed by atoms with Crippen LogP contribution >= 0.6 is 0 Å². The average molecular weight is 300 g/mol. The number of hydrogen-bond donors (Lipinski definition) is 1. The van der Waals surface area contributed by atoms with E-state index in [2.05, 4.69) is 31.0 Å². The molecule has 0 bridgehead atoms. The molecule has 4 heteroatoms. The fraction of sp³-hybridized carbons (Fsp3) is 0.500. The summed E-state index contributed by atoms with van der Waals surface area (Å²) in [6.45, 7) is 6.80. The SMILES string of the molecule is CC(C)CO[C@@H]1CCN(C(=O)NCC#Cc2ccccc2)C1. The number of likely N-dealkylation sites (tertiary alicyclic amines) is 1. The minimum atomic E-state index is -0.0574. The molecule has 1 aromatic carbocycles. The molecule has 1 aliphatic rings. The van der Waals surface area contributed by atoms with Crippen LogP contribution in [0.1, 0.15) is 25.8 Å². The van der Waals surface area contributed by atoms with E-state index in [1.165, 1.54) is 0 Å². The highest BCUT2D eigenvalue weighted by atomic mass is 16.5. The van der Waals surface area contributed by atoms with Crippen LogP contribution in [-0.2, 0) is 4.74 Å². The van der Waals surface area contributed by atoms with Crippen molar-refractivity contribution in [2.45, 2.75) is 26.4 Å².